The summed E-state index contributed by atoms with van der Waals surface area (Å²) in [6.07, 6.45) is -0.351. The van der Waals surface area contributed by atoms with Crippen molar-refractivity contribution < 1.29 is 9.13 Å². The lowest BCUT2D eigenvalue weighted by atomic mass is 10.1. The second-order valence-electron chi connectivity index (χ2n) is 4.33. The number of benzene rings is 2. The van der Waals surface area contributed by atoms with Crippen molar-refractivity contribution in [1.29, 1.82) is 0 Å². The summed E-state index contributed by atoms with van der Waals surface area (Å²) in [5.74, 6) is -0.195. The van der Waals surface area contributed by atoms with Crippen LogP contribution in [-0.2, 0) is 0 Å². The molecule has 0 saturated carbocycles. The van der Waals surface area contributed by atoms with E-state index in [1.807, 2.05) is 31.2 Å². The summed E-state index contributed by atoms with van der Waals surface area (Å²) in [5.41, 5.74) is 7.82. The molecule has 0 amide bonds. The Hall–Kier alpha value is -1.39. The summed E-state index contributed by atoms with van der Waals surface area (Å²) >= 11 is 3.21. The Morgan fingerprint density at radius 2 is 1.89 bits per heavy atom. The van der Waals surface area contributed by atoms with E-state index in [0.717, 1.165) is 11.1 Å². The minimum atomic E-state index is -0.403. The Kier molecular flexibility index (Phi) is 4.56. The Labute approximate surface area is 120 Å². The number of halogens is 2. The van der Waals surface area contributed by atoms with E-state index >= 15 is 0 Å². The Morgan fingerprint density at radius 1 is 1.21 bits per heavy atom. The van der Waals surface area contributed by atoms with E-state index in [9.17, 15) is 4.39 Å². The van der Waals surface area contributed by atoms with Crippen LogP contribution in [0.4, 0.5) is 4.39 Å². The molecule has 0 heterocycles. The van der Waals surface area contributed by atoms with E-state index in [1.54, 1.807) is 12.1 Å². The maximum Gasteiger partial charge on any atom is 0.166 e. The van der Waals surface area contributed by atoms with E-state index in [1.165, 1.54) is 6.07 Å². The van der Waals surface area contributed by atoms with Gasteiger partial charge in [0.15, 0.2) is 11.6 Å². The summed E-state index contributed by atoms with van der Waals surface area (Å²) in [4.78, 5) is 0. The minimum Gasteiger partial charge on any atom is -0.481 e. The van der Waals surface area contributed by atoms with Gasteiger partial charge in [0, 0.05) is 11.0 Å². The molecule has 2 rings (SSSR count). The van der Waals surface area contributed by atoms with E-state index in [0.29, 0.717) is 11.0 Å². The van der Waals surface area contributed by atoms with Crippen LogP contribution < -0.4 is 10.5 Å². The highest BCUT2D eigenvalue weighted by Crippen LogP contribution is 2.26. The van der Waals surface area contributed by atoms with Gasteiger partial charge in [-0.05, 0) is 30.7 Å². The minimum absolute atomic E-state index is 0.208. The molecule has 0 saturated heterocycles. The first kappa shape index (κ1) is 14.0. The molecule has 0 fully saturated rings. The molecular weight excluding hydrogens is 309 g/mol. The fourth-order valence-corrected chi connectivity index (χ4v) is 2.09. The van der Waals surface area contributed by atoms with Gasteiger partial charge in [0.2, 0.25) is 0 Å². The third kappa shape index (κ3) is 3.55. The number of hydrogen-bond donors (Lipinski definition) is 1. The molecule has 0 radical (unpaired) electrons. The smallest absolute Gasteiger partial charge is 0.166 e. The molecule has 4 heteroatoms. The van der Waals surface area contributed by atoms with Crippen LogP contribution >= 0.6 is 15.9 Å². The zero-order valence-corrected chi connectivity index (χ0v) is 12.2. The van der Waals surface area contributed by atoms with Crippen LogP contribution in [0.25, 0.3) is 0 Å². The molecule has 0 aromatic heterocycles. The zero-order valence-electron chi connectivity index (χ0n) is 10.6. The highest BCUT2D eigenvalue weighted by molar-refractivity contribution is 9.10. The molecule has 100 valence electrons. The maximum atomic E-state index is 13.7. The van der Waals surface area contributed by atoms with Gasteiger partial charge in [0.05, 0.1) is 0 Å². The van der Waals surface area contributed by atoms with Crippen LogP contribution in [0.2, 0.25) is 0 Å². The molecule has 2 aromatic rings. The fourth-order valence-electron chi connectivity index (χ4n) is 1.76. The number of ether oxygens (including phenoxy) is 1. The quantitative estimate of drug-likeness (QED) is 0.923. The van der Waals surface area contributed by atoms with Crippen molar-refractivity contribution in [2.45, 2.75) is 13.0 Å². The lowest BCUT2D eigenvalue weighted by Gasteiger charge is -2.18. The van der Waals surface area contributed by atoms with E-state index in [4.69, 9.17) is 10.5 Å². The van der Waals surface area contributed by atoms with Crippen molar-refractivity contribution >= 4 is 15.9 Å². The van der Waals surface area contributed by atoms with Crippen molar-refractivity contribution in [3.8, 4) is 5.75 Å². The Bertz CT molecular complexity index is 557. The lowest BCUT2D eigenvalue weighted by molar-refractivity contribution is 0.204. The second kappa shape index (κ2) is 6.17. The molecule has 0 aliphatic carbocycles. The molecule has 1 atom stereocenters. The summed E-state index contributed by atoms with van der Waals surface area (Å²) < 4.78 is 20.1. The summed E-state index contributed by atoms with van der Waals surface area (Å²) in [7, 11) is 0. The van der Waals surface area contributed by atoms with Crippen LogP contribution in [0, 0.1) is 12.7 Å². The van der Waals surface area contributed by atoms with Crippen molar-refractivity contribution in [1.82, 2.24) is 0 Å². The van der Waals surface area contributed by atoms with E-state index in [-0.39, 0.29) is 11.9 Å². The standard InChI is InChI=1S/C15H15BrFNO/c1-10-2-4-11(5-3-10)15(9-18)19-14-7-6-12(16)8-13(14)17/h2-8,15H,9,18H2,1H3. The molecule has 1 unspecified atom stereocenters. The van der Waals surface area contributed by atoms with Crippen molar-refractivity contribution in [3.05, 3.63) is 63.9 Å². The van der Waals surface area contributed by atoms with E-state index < -0.39 is 5.82 Å². The van der Waals surface area contributed by atoms with Gasteiger partial charge >= 0.3 is 0 Å². The average molecular weight is 324 g/mol. The molecular formula is C15H15BrFNO. The second-order valence-corrected chi connectivity index (χ2v) is 5.24. The topological polar surface area (TPSA) is 35.2 Å². The van der Waals surface area contributed by atoms with E-state index in [2.05, 4.69) is 15.9 Å². The normalized spacial score (nSPS) is 12.2. The first-order valence-corrected chi connectivity index (χ1v) is 6.78. The van der Waals surface area contributed by atoms with Crippen LogP contribution in [0.15, 0.2) is 46.9 Å². The molecule has 19 heavy (non-hydrogen) atoms. The monoisotopic (exact) mass is 323 g/mol. The number of nitrogens with two attached hydrogens (primary N) is 1. The van der Waals surface area contributed by atoms with Gasteiger partial charge in [-0.2, -0.15) is 0 Å². The third-order valence-corrected chi connectivity index (χ3v) is 3.32. The molecule has 2 nitrogen and oxygen atoms in total. The Morgan fingerprint density at radius 3 is 2.47 bits per heavy atom. The maximum absolute atomic E-state index is 13.7. The number of rotatable bonds is 4. The van der Waals surface area contributed by atoms with Gasteiger partial charge in [-0.25, -0.2) is 4.39 Å². The lowest BCUT2D eigenvalue weighted by Crippen LogP contribution is -2.18. The predicted molar refractivity (Wildman–Crippen MR) is 77.7 cm³/mol. The first-order chi connectivity index (χ1) is 9.10. The SMILES string of the molecule is Cc1ccc(C(CN)Oc2ccc(Br)cc2F)cc1. The van der Waals surface area contributed by atoms with Crippen LogP contribution in [0.3, 0.4) is 0 Å². The highest BCUT2D eigenvalue weighted by Gasteiger charge is 2.14. The largest absolute Gasteiger partial charge is 0.481 e. The van der Waals surface area contributed by atoms with Gasteiger partial charge in [0.1, 0.15) is 6.10 Å². The first-order valence-electron chi connectivity index (χ1n) is 5.98. The van der Waals surface area contributed by atoms with Gasteiger partial charge in [-0.1, -0.05) is 45.8 Å². The van der Waals surface area contributed by atoms with Crippen LogP contribution in [0.1, 0.15) is 17.2 Å². The zero-order chi connectivity index (χ0) is 13.8. The van der Waals surface area contributed by atoms with Gasteiger partial charge in [0.25, 0.3) is 0 Å². The van der Waals surface area contributed by atoms with Gasteiger partial charge < -0.3 is 10.5 Å². The average Bonchev–Trinajstić information content (AvgIpc) is 2.39. The van der Waals surface area contributed by atoms with Crippen LogP contribution in [0.5, 0.6) is 5.75 Å². The molecule has 0 spiro atoms. The summed E-state index contributed by atoms with van der Waals surface area (Å²) in [6.45, 7) is 2.30. The summed E-state index contributed by atoms with van der Waals surface area (Å²) in [5, 5.41) is 0. The van der Waals surface area contributed by atoms with Crippen LogP contribution in [-0.4, -0.2) is 6.54 Å². The van der Waals surface area contributed by atoms with Crippen molar-refractivity contribution in [3.63, 3.8) is 0 Å². The number of aryl methyl sites for hydroxylation is 1. The molecule has 0 bridgehead atoms. The third-order valence-electron chi connectivity index (χ3n) is 2.83. The molecule has 2 N–H and O–H groups in total. The predicted octanol–water partition coefficient (Wildman–Crippen LogP) is 3.98. The molecule has 0 aliphatic rings. The van der Waals surface area contributed by atoms with Crippen molar-refractivity contribution in [2.75, 3.05) is 6.54 Å². The number of hydrogen-bond acceptors (Lipinski definition) is 2. The fraction of sp³-hybridized carbons (Fsp3) is 0.200. The van der Waals surface area contributed by atoms with Crippen molar-refractivity contribution in [2.24, 2.45) is 5.73 Å². The Balaban J connectivity index is 2.21. The van der Waals surface area contributed by atoms with Gasteiger partial charge in [-0.15, -0.1) is 0 Å². The molecule has 0 aliphatic heterocycles. The van der Waals surface area contributed by atoms with Gasteiger partial charge in [-0.3, -0.25) is 0 Å². The molecule has 2 aromatic carbocycles. The highest BCUT2D eigenvalue weighted by atomic mass is 79.9. The summed E-state index contributed by atoms with van der Waals surface area (Å²) in [6, 6.07) is 12.6.